The highest BCUT2D eigenvalue weighted by Gasteiger charge is 2.49. The predicted molar refractivity (Wildman–Crippen MR) is 111 cm³/mol. The Balaban J connectivity index is 2.11. The van der Waals surface area contributed by atoms with E-state index in [0.29, 0.717) is 32.8 Å². The number of anilines is 1. The normalized spacial score (nSPS) is 19.0. The standard InChI is InChI=1S/C21H21Cl2NO4/c1-13(22)10-21(12-25)17-8-15(23)5-7-18(17)24(20(21)26)11-14-4-6-16(27-2)9-19(14)28-3/h4-10,25H,11-12H2,1-3H3. The summed E-state index contributed by atoms with van der Waals surface area (Å²) >= 11 is 12.3. The van der Waals surface area contributed by atoms with Crippen LogP contribution in [0.3, 0.4) is 0 Å². The second kappa shape index (κ2) is 8.03. The van der Waals surface area contributed by atoms with Crippen molar-refractivity contribution in [2.45, 2.75) is 18.9 Å². The molecule has 0 fully saturated rings. The molecule has 1 unspecified atom stereocenters. The molecule has 1 aliphatic rings. The van der Waals surface area contributed by atoms with E-state index in [1.807, 2.05) is 12.1 Å². The molecule has 0 aliphatic carbocycles. The molecule has 7 heteroatoms. The Bertz CT molecular complexity index is 940. The fourth-order valence-corrected chi connectivity index (χ4v) is 3.91. The topological polar surface area (TPSA) is 59.0 Å². The molecule has 3 rings (SSSR count). The van der Waals surface area contributed by atoms with Crippen LogP contribution in [0.4, 0.5) is 5.69 Å². The van der Waals surface area contributed by atoms with Crippen LogP contribution in [0.5, 0.6) is 11.5 Å². The fraction of sp³-hybridized carbons (Fsp3) is 0.286. The zero-order valence-corrected chi connectivity index (χ0v) is 17.3. The number of halogens is 2. The number of benzene rings is 2. The molecule has 1 atom stereocenters. The first-order valence-electron chi connectivity index (χ1n) is 8.65. The molecule has 0 radical (unpaired) electrons. The van der Waals surface area contributed by atoms with Crippen molar-refractivity contribution in [1.29, 1.82) is 0 Å². The summed E-state index contributed by atoms with van der Waals surface area (Å²) in [6, 6.07) is 10.6. The highest BCUT2D eigenvalue weighted by molar-refractivity contribution is 6.31. The van der Waals surface area contributed by atoms with Crippen molar-refractivity contribution in [2.75, 3.05) is 25.7 Å². The maximum absolute atomic E-state index is 13.4. The highest BCUT2D eigenvalue weighted by Crippen LogP contribution is 2.46. The Labute approximate surface area is 174 Å². The van der Waals surface area contributed by atoms with E-state index in [1.54, 1.807) is 56.4 Å². The molecular weight excluding hydrogens is 401 g/mol. The highest BCUT2D eigenvalue weighted by atomic mass is 35.5. The fourth-order valence-electron chi connectivity index (χ4n) is 3.55. The Morgan fingerprint density at radius 3 is 2.57 bits per heavy atom. The summed E-state index contributed by atoms with van der Waals surface area (Å²) in [6.07, 6.45) is 1.58. The van der Waals surface area contributed by atoms with Crippen LogP contribution in [0.1, 0.15) is 18.1 Å². The molecule has 5 nitrogen and oxygen atoms in total. The van der Waals surface area contributed by atoms with Gasteiger partial charge in [0.1, 0.15) is 16.9 Å². The first-order valence-corrected chi connectivity index (χ1v) is 9.40. The van der Waals surface area contributed by atoms with Crippen LogP contribution in [-0.4, -0.2) is 31.8 Å². The maximum atomic E-state index is 13.4. The number of ether oxygens (including phenoxy) is 2. The van der Waals surface area contributed by atoms with Gasteiger partial charge < -0.3 is 19.5 Å². The number of allylic oxidation sites excluding steroid dienone is 1. The van der Waals surface area contributed by atoms with Crippen molar-refractivity contribution in [1.82, 2.24) is 0 Å². The minimum Gasteiger partial charge on any atom is -0.497 e. The summed E-state index contributed by atoms with van der Waals surface area (Å²) in [6.45, 7) is 1.52. The van der Waals surface area contributed by atoms with Gasteiger partial charge in [-0.15, -0.1) is 0 Å². The largest absolute Gasteiger partial charge is 0.497 e. The van der Waals surface area contributed by atoms with Gasteiger partial charge in [-0.05, 0) is 48.9 Å². The summed E-state index contributed by atoms with van der Waals surface area (Å²) in [5.74, 6) is 0.990. The third-order valence-corrected chi connectivity index (χ3v) is 5.22. The lowest BCUT2D eigenvalue weighted by Gasteiger charge is -2.24. The number of aliphatic hydroxyl groups is 1. The molecule has 2 aromatic rings. The van der Waals surface area contributed by atoms with Gasteiger partial charge in [-0.2, -0.15) is 0 Å². The van der Waals surface area contributed by atoms with Gasteiger partial charge in [-0.3, -0.25) is 4.79 Å². The van der Waals surface area contributed by atoms with Crippen molar-refractivity contribution in [3.05, 3.63) is 63.7 Å². The number of rotatable bonds is 6. The van der Waals surface area contributed by atoms with E-state index in [1.165, 1.54) is 0 Å². The lowest BCUT2D eigenvalue weighted by Crippen LogP contribution is -2.41. The zero-order valence-electron chi connectivity index (χ0n) is 15.8. The summed E-state index contributed by atoms with van der Waals surface area (Å²) < 4.78 is 10.7. The lowest BCUT2D eigenvalue weighted by atomic mass is 9.82. The van der Waals surface area contributed by atoms with Crippen LogP contribution in [-0.2, 0) is 16.8 Å². The molecule has 0 spiro atoms. The summed E-state index contributed by atoms with van der Waals surface area (Å²) in [5, 5.41) is 11.1. The molecule has 0 aromatic heterocycles. The Kier molecular flexibility index (Phi) is 5.89. The number of hydrogen-bond acceptors (Lipinski definition) is 4. The number of carbonyl (C=O) groups is 1. The van der Waals surface area contributed by atoms with Gasteiger partial charge in [0.05, 0.1) is 27.4 Å². The molecule has 0 bridgehead atoms. The van der Waals surface area contributed by atoms with Gasteiger partial charge in [-0.25, -0.2) is 0 Å². The summed E-state index contributed by atoms with van der Waals surface area (Å²) in [5.41, 5.74) is 0.833. The summed E-state index contributed by atoms with van der Waals surface area (Å²) in [7, 11) is 3.14. The number of carbonyl (C=O) groups excluding carboxylic acids is 1. The molecule has 2 aromatic carbocycles. The van der Waals surface area contributed by atoms with Gasteiger partial charge in [-0.1, -0.05) is 23.2 Å². The molecule has 1 amide bonds. The Morgan fingerprint density at radius 1 is 1.21 bits per heavy atom. The monoisotopic (exact) mass is 421 g/mol. The first kappa shape index (κ1) is 20.5. The second-order valence-corrected chi connectivity index (χ2v) is 7.62. The number of hydrogen-bond donors (Lipinski definition) is 1. The third-order valence-electron chi connectivity index (χ3n) is 4.87. The molecule has 148 valence electrons. The van der Waals surface area contributed by atoms with Crippen molar-refractivity contribution in [3.63, 3.8) is 0 Å². The van der Waals surface area contributed by atoms with E-state index < -0.39 is 12.0 Å². The Morgan fingerprint density at radius 2 is 1.96 bits per heavy atom. The van der Waals surface area contributed by atoms with Gasteiger partial charge >= 0.3 is 0 Å². The molecule has 1 heterocycles. The van der Waals surface area contributed by atoms with Crippen LogP contribution in [0.2, 0.25) is 5.02 Å². The van der Waals surface area contributed by atoms with Crippen LogP contribution in [0.15, 0.2) is 47.5 Å². The van der Waals surface area contributed by atoms with Crippen molar-refractivity contribution in [2.24, 2.45) is 0 Å². The average Bonchev–Trinajstić information content (AvgIpc) is 2.90. The molecule has 1 aliphatic heterocycles. The van der Waals surface area contributed by atoms with E-state index in [0.717, 1.165) is 5.56 Å². The van der Waals surface area contributed by atoms with Crippen LogP contribution in [0, 0.1) is 0 Å². The quantitative estimate of drug-likeness (QED) is 0.755. The lowest BCUT2D eigenvalue weighted by molar-refractivity contribution is -0.122. The van der Waals surface area contributed by atoms with Gasteiger partial charge in [0, 0.05) is 27.4 Å². The SMILES string of the molecule is COc1ccc(CN2C(=O)C(C=C(C)Cl)(CO)c3cc(Cl)ccc32)c(OC)c1. The number of fused-ring (bicyclic) bond motifs is 1. The molecule has 28 heavy (non-hydrogen) atoms. The predicted octanol–water partition coefficient (Wildman–Crippen LogP) is 4.28. The van der Waals surface area contributed by atoms with Crippen molar-refractivity contribution in [3.8, 4) is 11.5 Å². The zero-order chi connectivity index (χ0) is 20.5. The van der Waals surface area contributed by atoms with Crippen molar-refractivity contribution >= 4 is 34.8 Å². The average molecular weight is 422 g/mol. The molecule has 0 saturated carbocycles. The van der Waals surface area contributed by atoms with E-state index in [2.05, 4.69) is 0 Å². The smallest absolute Gasteiger partial charge is 0.244 e. The van der Waals surface area contributed by atoms with Gasteiger partial charge in [0.15, 0.2) is 0 Å². The van der Waals surface area contributed by atoms with Gasteiger partial charge in [0.25, 0.3) is 0 Å². The minimum atomic E-state index is -1.27. The molecule has 0 saturated heterocycles. The number of amides is 1. The number of aliphatic hydroxyl groups excluding tert-OH is 1. The number of methoxy groups -OCH3 is 2. The van der Waals surface area contributed by atoms with E-state index >= 15 is 0 Å². The van der Waals surface area contributed by atoms with E-state index in [4.69, 9.17) is 32.7 Å². The first-order chi connectivity index (χ1) is 13.4. The summed E-state index contributed by atoms with van der Waals surface area (Å²) in [4.78, 5) is 15.1. The minimum absolute atomic E-state index is 0.261. The van der Waals surface area contributed by atoms with Crippen LogP contribution in [0.25, 0.3) is 0 Å². The third kappa shape index (κ3) is 3.46. The van der Waals surface area contributed by atoms with E-state index in [9.17, 15) is 9.90 Å². The van der Waals surface area contributed by atoms with Crippen LogP contribution >= 0.6 is 23.2 Å². The van der Waals surface area contributed by atoms with Crippen molar-refractivity contribution < 1.29 is 19.4 Å². The Hall–Kier alpha value is -2.21. The molecular formula is C21H21Cl2NO4. The van der Waals surface area contributed by atoms with E-state index in [-0.39, 0.29) is 12.5 Å². The maximum Gasteiger partial charge on any atom is 0.244 e. The van der Waals surface area contributed by atoms with Crippen LogP contribution < -0.4 is 14.4 Å². The van der Waals surface area contributed by atoms with Gasteiger partial charge in [0.2, 0.25) is 5.91 Å². The number of nitrogens with zero attached hydrogens (tertiary/aromatic N) is 1. The second-order valence-electron chi connectivity index (χ2n) is 6.59. The molecule has 1 N–H and O–H groups in total.